The Morgan fingerprint density at radius 3 is 2.16 bits per heavy atom. The van der Waals surface area contributed by atoms with Crippen LogP contribution < -0.4 is 10.6 Å². The molecule has 0 aliphatic heterocycles. The van der Waals surface area contributed by atoms with Gasteiger partial charge in [-0.15, -0.1) is 0 Å². The molecule has 0 bridgehead atoms. The molecule has 170 valence electrons. The van der Waals surface area contributed by atoms with Gasteiger partial charge < -0.3 is 25.6 Å². The van der Waals surface area contributed by atoms with Crippen molar-refractivity contribution in [2.24, 2.45) is 0 Å². The lowest BCUT2D eigenvalue weighted by Crippen LogP contribution is -2.50. The van der Waals surface area contributed by atoms with E-state index < -0.39 is 36.0 Å². The van der Waals surface area contributed by atoms with Gasteiger partial charge in [0.25, 0.3) is 0 Å². The summed E-state index contributed by atoms with van der Waals surface area (Å²) >= 11 is 0. The van der Waals surface area contributed by atoms with Crippen molar-refractivity contribution in [2.45, 2.75) is 44.2 Å². The number of benzene rings is 2. The van der Waals surface area contributed by atoms with Gasteiger partial charge >= 0.3 is 12.1 Å². The van der Waals surface area contributed by atoms with Crippen LogP contribution in [0.3, 0.4) is 0 Å². The lowest BCUT2D eigenvalue weighted by molar-refractivity contribution is -0.142. The van der Waals surface area contributed by atoms with Crippen molar-refractivity contribution in [1.29, 1.82) is 0 Å². The van der Waals surface area contributed by atoms with E-state index in [1.165, 1.54) is 6.92 Å². The van der Waals surface area contributed by atoms with E-state index in [9.17, 15) is 19.5 Å². The fraction of sp³-hybridized carbons (Fsp3) is 0.375. The molecule has 2 unspecified atom stereocenters. The first-order valence-corrected chi connectivity index (χ1v) is 10.5. The summed E-state index contributed by atoms with van der Waals surface area (Å²) in [4.78, 5) is 35.6. The Labute approximate surface area is 186 Å². The Morgan fingerprint density at radius 1 is 1.06 bits per heavy atom. The van der Waals surface area contributed by atoms with E-state index in [1.54, 1.807) is 6.92 Å². The van der Waals surface area contributed by atoms with Gasteiger partial charge in [-0.2, -0.15) is 0 Å². The zero-order chi connectivity index (χ0) is 23.3. The molecule has 1 aliphatic rings. The number of fused-ring (bicyclic) bond motifs is 3. The number of rotatable bonds is 9. The maximum absolute atomic E-state index is 12.4. The Kier molecular flexibility index (Phi) is 7.15. The fourth-order valence-electron chi connectivity index (χ4n) is 3.92. The monoisotopic (exact) mass is 440 g/mol. The molecule has 0 saturated carbocycles. The maximum Gasteiger partial charge on any atom is 0.407 e. The van der Waals surface area contributed by atoms with Crippen LogP contribution in [0, 0.1) is 0 Å². The van der Waals surface area contributed by atoms with Gasteiger partial charge in [0.05, 0.1) is 12.0 Å². The second-order valence-corrected chi connectivity index (χ2v) is 8.22. The molecule has 2 amide bonds. The largest absolute Gasteiger partial charge is 0.481 e. The molecule has 8 nitrogen and oxygen atoms in total. The molecule has 0 aromatic heterocycles. The summed E-state index contributed by atoms with van der Waals surface area (Å²) in [7, 11) is 0. The van der Waals surface area contributed by atoms with Crippen molar-refractivity contribution < 1.29 is 29.3 Å². The number of hydrogen-bond acceptors (Lipinski definition) is 5. The minimum Gasteiger partial charge on any atom is -0.481 e. The number of nitrogens with one attached hydrogen (secondary N) is 2. The predicted molar refractivity (Wildman–Crippen MR) is 118 cm³/mol. The molecule has 2 atom stereocenters. The number of carboxylic acid groups (broad SMARTS) is 1. The van der Waals surface area contributed by atoms with Crippen molar-refractivity contribution in [2.75, 3.05) is 13.2 Å². The van der Waals surface area contributed by atoms with E-state index in [4.69, 9.17) is 9.84 Å². The lowest BCUT2D eigenvalue weighted by Gasteiger charge is -2.24. The third-order valence-electron chi connectivity index (χ3n) is 5.54. The highest BCUT2D eigenvalue weighted by Crippen LogP contribution is 2.44. The number of amides is 2. The summed E-state index contributed by atoms with van der Waals surface area (Å²) in [6.07, 6.45) is -0.924. The van der Waals surface area contributed by atoms with Crippen LogP contribution in [0.25, 0.3) is 11.1 Å². The van der Waals surface area contributed by atoms with Crippen LogP contribution in [-0.4, -0.2) is 53.0 Å². The van der Waals surface area contributed by atoms with E-state index in [0.29, 0.717) is 6.42 Å². The summed E-state index contributed by atoms with van der Waals surface area (Å²) < 4.78 is 5.46. The third-order valence-corrected chi connectivity index (χ3v) is 5.54. The van der Waals surface area contributed by atoms with Crippen molar-refractivity contribution in [3.05, 3.63) is 59.7 Å². The molecule has 3 rings (SSSR count). The molecule has 1 aliphatic carbocycles. The molecule has 0 heterocycles. The average molecular weight is 440 g/mol. The molecular formula is C24H28N2O6. The van der Waals surface area contributed by atoms with Crippen molar-refractivity contribution in [3.8, 4) is 11.1 Å². The first-order chi connectivity index (χ1) is 15.2. The fourth-order valence-corrected chi connectivity index (χ4v) is 3.92. The molecule has 2 aromatic rings. The normalized spacial score (nSPS) is 15.1. The van der Waals surface area contributed by atoms with Gasteiger partial charge in [0.15, 0.2) is 0 Å². The van der Waals surface area contributed by atoms with Crippen molar-refractivity contribution in [3.63, 3.8) is 0 Å². The highest BCUT2D eigenvalue weighted by atomic mass is 16.5. The number of carboxylic acids is 1. The van der Waals surface area contributed by atoms with Crippen molar-refractivity contribution in [1.82, 2.24) is 10.6 Å². The first-order valence-electron chi connectivity index (χ1n) is 10.5. The number of aliphatic hydroxyl groups is 1. The predicted octanol–water partition coefficient (Wildman–Crippen LogP) is 2.65. The number of hydrogen-bond donors (Lipinski definition) is 4. The molecular weight excluding hydrogens is 412 g/mol. The molecule has 0 radical (unpaired) electrons. The number of carbonyl (C=O) groups excluding carboxylic acids is 2. The number of ether oxygens (including phenoxy) is 1. The maximum atomic E-state index is 12.4. The van der Waals surface area contributed by atoms with Crippen LogP contribution >= 0.6 is 0 Å². The minimum atomic E-state index is -1.59. The third kappa shape index (κ3) is 5.45. The number of alkyl carbamates (subject to hydrolysis) is 1. The van der Waals surface area contributed by atoms with Gasteiger partial charge in [-0.05, 0) is 35.6 Å². The van der Waals surface area contributed by atoms with Gasteiger partial charge in [-0.1, -0.05) is 55.5 Å². The molecule has 4 N–H and O–H groups in total. The van der Waals surface area contributed by atoms with E-state index >= 15 is 0 Å². The molecule has 0 spiro atoms. The quantitative estimate of drug-likeness (QED) is 0.475. The molecule has 8 heteroatoms. The van der Waals surface area contributed by atoms with Crippen molar-refractivity contribution >= 4 is 18.0 Å². The highest BCUT2D eigenvalue weighted by molar-refractivity contribution is 5.85. The smallest absolute Gasteiger partial charge is 0.407 e. The van der Waals surface area contributed by atoms with Gasteiger partial charge in [-0.3, -0.25) is 9.59 Å². The number of carbonyl (C=O) groups is 3. The Morgan fingerprint density at radius 2 is 1.62 bits per heavy atom. The SMILES string of the molecule is CCC(NC(=O)OCC1c2ccccc2-c2ccccc21)C(=O)NCC(C)(O)CC(=O)O. The van der Waals surface area contributed by atoms with Crippen LogP contribution in [0.2, 0.25) is 0 Å². The molecule has 0 saturated heterocycles. The van der Waals surface area contributed by atoms with Crippen LogP contribution in [0.1, 0.15) is 43.7 Å². The summed E-state index contributed by atoms with van der Waals surface area (Å²) in [5.74, 6) is -1.78. The van der Waals surface area contributed by atoms with Gasteiger partial charge in [-0.25, -0.2) is 4.79 Å². The van der Waals surface area contributed by atoms with Crippen LogP contribution in [0.5, 0.6) is 0 Å². The van der Waals surface area contributed by atoms with Crippen LogP contribution in [0.15, 0.2) is 48.5 Å². The van der Waals surface area contributed by atoms with Gasteiger partial charge in [0.2, 0.25) is 5.91 Å². The van der Waals surface area contributed by atoms with E-state index in [2.05, 4.69) is 10.6 Å². The Balaban J connectivity index is 1.57. The Bertz CT molecular complexity index is 958. The topological polar surface area (TPSA) is 125 Å². The van der Waals surface area contributed by atoms with E-state index in [-0.39, 0.29) is 19.1 Å². The van der Waals surface area contributed by atoms with Gasteiger partial charge in [0, 0.05) is 12.5 Å². The molecule has 0 fully saturated rings. The second-order valence-electron chi connectivity index (χ2n) is 8.22. The van der Waals surface area contributed by atoms with Crippen LogP contribution in [-0.2, 0) is 14.3 Å². The summed E-state index contributed by atoms with van der Waals surface area (Å²) in [6, 6.07) is 15.1. The lowest BCUT2D eigenvalue weighted by atomic mass is 9.98. The highest BCUT2D eigenvalue weighted by Gasteiger charge is 2.30. The van der Waals surface area contributed by atoms with Crippen LogP contribution in [0.4, 0.5) is 4.79 Å². The molecule has 2 aromatic carbocycles. The number of aliphatic carboxylic acids is 1. The summed E-state index contributed by atoms with van der Waals surface area (Å²) in [6.45, 7) is 2.93. The molecule has 32 heavy (non-hydrogen) atoms. The first kappa shape index (κ1) is 23.3. The zero-order valence-electron chi connectivity index (χ0n) is 18.1. The zero-order valence-corrected chi connectivity index (χ0v) is 18.1. The second kappa shape index (κ2) is 9.82. The summed E-state index contributed by atoms with van der Waals surface area (Å²) in [5.41, 5.74) is 2.83. The van der Waals surface area contributed by atoms with E-state index in [0.717, 1.165) is 22.3 Å². The standard InChI is InChI=1S/C24H28N2O6/c1-3-20(22(29)25-14-24(2,31)12-21(27)28)26-23(30)32-13-19-17-10-6-4-8-15(17)16-9-5-7-11-18(16)19/h4-11,19-20,31H,3,12-14H2,1-2H3,(H,25,29)(H,26,30)(H,27,28). The summed E-state index contributed by atoms with van der Waals surface area (Å²) in [5, 5.41) is 23.9. The van der Waals surface area contributed by atoms with Gasteiger partial charge in [0.1, 0.15) is 12.6 Å². The minimum absolute atomic E-state index is 0.0897. The Hall–Kier alpha value is -3.39. The average Bonchev–Trinajstić information content (AvgIpc) is 3.07. The van der Waals surface area contributed by atoms with E-state index in [1.807, 2.05) is 48.5 Å².